The van der Waals surface area contributed by atoms with E-state index in [2.05, 4.69) is 52.5 Å². The Hall–Kier alpha value is -1.71. The van der Waals surface area contributed by atoms with E-state index in [9.17, 15) is 0 Å². The maximum absolute atomic E-state index is 4.36. The third kappa shape index (κ3) is 4.33. The van der Waals surface area contributed by atoms with Gasteiger partial charge in [0.1, 0.15) is 0 Å². The van der Waals surface area contributed by atoms with Gasteiger partial charge in [-0.15, -0.1) is 0 Å². The van der Waals surface area contributed by atoms with E-state index in [0.717, 1.165) is 37.2 Å². The second kappa shape index (κ2) is 8.32. The smallest absolute Gasteiger partial charge is 0.0417 e. The van der Waals surface area contributed by atoms with Gasteiger partial charge in [0.2, 0.25) is 0 Å². The van der Waals surface area contributed by atoms with Crippen LogP contribution in [-0.4, -0.2) is 29.5 Å². The van der Waals surface area contributed by atoms with E-state index in [4.69, 9.17) is 0 Å². The molecule has 0 radical (unpaired) electrons. The average Bonchev–Trinajstić information content (AvgIpc) is 3.12. The first-order valence-corrected chi connectivity index (χ1v) is 10.2. The predicted octanol–water partition coefficient (Wildman–Crippen LogP) is 4.27. The molecule has 3 heteroatoms. The molecule has 0 unspecified atom stereocenters. The lowest BCUT2D eigenvalue weighted by Crippen LogP contribution is -2.32. The van der Waals surface area contributed by atoms with Crippen LogP contribution in [0.5, 0.6) is 0 Å². The van der Waals surface area contributed by atoms with Gasteiger partial charge in [0, 0.05) is 25.0 Å². The van der Waals surface area contributed by atoms with Crippen molar-refractivity contribution < 1.29 is 0 Å². The number of hydrogen-bond donors (Lipinski definition) is 1. The zero-order valence-electron chi connectivity index (χ0n) is 16.0. The minimum atomic E-state index is 0.766. The number of nitrogens with one attached hydrogen (secondary N) is 1. The van der Waals surface area contributed by atoms with Crippen LogP contribution in [0.4, 0.5) is 0 Å². The zero-order chi connectivity index (χ0) is 17.8. The van der Waals surface area contributed by atoms with Gasteiger partial charge in [-0.3, -0.25) is 9.88 Å². The molecule has 1 aromatic carbocycles. The second-order valence-electron chi connectivity index (χ2n) is 8.14. The molecule has 26 heavy (non-hydrogen) atoms. The van der Waals surface area contributed by atoms with E-state index in [0.29, 0.717) is 0 Å². The molecule has 0 amide bonds. The number of aromatic nitrogens is 1. The summed E-state index contributed by atoms with van der Waals surface area (Å²) in [5.41, 5.74) is 5.46. The van der Waals surface area contributed by atoms with Crippen LogP contribution in [0.1, 0.15) is 54.0 Å². The Balaban J connectivity index is 1.19. The first-order chi connectivity index (χ1) is 12.8. The molecule has 1 saturated heterocycles. The molecular weight excluding hydrogens is 318 g/mol. The number of likely N-dealkylation sites (tertiary alicyclic amines) is 1. The van der Waals surface area contributed by atoms with Gasteiger partial charge >= 0.3 is 0 Å². The minimum Gasteiger partial charge on any atom is -0.312 e. The summed E-state index contributed by atoms with van der Waals surface area (Å²) < 4.78 is 0. The highest BCUT2D eigenvalue weighted by atomic mass is 15.1. The molecule has 1 aromatic heterocycles. The summed E-state index contributed by atoms with van der Waals surface area (Å²) >= 11 is 0. The normalized spacial score (nSPS) is 23.1. The molecule has 2 aliphatic rings. The van der Waals surface area contributed by atoms with Crippen LogP contribution in [0.15, 0.2) is 42.6 Å². The lowest BCUT2D eigenvalue weighted by Gasteiger charge is -2.36. The molecule has 0 bridgehead atoms. The number of nitrogens with zero attached hydrogens (tertiary/aromatic N) is 2. The van der Waals surface area contributed by atoms with Crippen LogP contribution in [0, 0.1) is 12.8 Å². The van der Waals surface area contributed by atoms with Gasteiger partial charge in [-0.2, -0.15) is 0 Å². The number of benzene rings is 1. The molecule has 138 valence electrons. The van der Waals surface area contributed by atoms with Crippen LogP contribution < -0.4 is 5.32 Å². The molecule has 3 nitrogen and oxygen atoms in total. The SMILES string of the molecule is Cc1ncccc1CNC[C@H]1C[C@H](c2ccc(CN3CCCC3)cc2)C1. The zero-order valence-corrected chi connectivity index (χ0v) is 16.0. The summed E-state index contributed by atoms with van der Waals surface area (Å²) in [5, 5.41) is 3.62. The van der Waals surface area contributed by atoms with E-state index in [-0.39, 0.29) is 0 Å². The van der Waals surface area contributed by atoms with Crippen LogP contribution >= 0.6 is 0 Å². The van der Waals surface area contributed by atoms with Gasteiger partial charge in [0.15, 0.2) is 0 Å². The van der Waals surface area contributed by atoms with Crippen molar-refractivity contribution in [2.75, 3.05) is 19.6 Å². The van der Waals surface area contributed by atoms with E-state index >= 15 is 0 Å². The van der Waals surface area contributed by atoms with Crippen molar-refractivity contribution in [3.63, 3.8) is 0 Å². The van der Waals surface area contributed by atoms with Crippen LogP contribution in [0.3, 0.4) is 0 Å². The lowest BCUT2D eigenvalue weighted by atomic mass is 9.71. The van der Waals surface area contributed by atoms with Gasteiger partial charge in [0.25, 0.3) is 0 Å². The highest BCUT2D eigenvalue weighted by molar-refractivity contribution is 5.27. The number of hydrogen-bond acceptors (Lipinski definition) is 3. The summed E-state index contributed by atoms with van der Waals surface area (Å²) in [6.45, 7) is 7.83. The van der Waals surface area contributed by atoms with Crippen molar-refractivity contribution in [2.45, 2.75) is 51.6 Å². The van der Waals surface area contributed by atoms with Crippen LogP contribution in [0.25, 0.3) is 0 Å². The molecule has 2 heterocycles. The molecular formula is C23H31N3. The largest absolute Gasteiger partial charge is 0.312 e. The highest BCUT2D eigenvalue weighted by Crippen LogP contribution is 2.41. The number of aryl methyl sites for hydroxylation is 1. The molecule has 1 saturated carbocycles. The standard InChI is InChI=1S/C23H31N3/c1-18-22(5-4-10-25-18)16-24-15-20-13-23(14-20)21-8-6-19(7-9-21)17-26-11-2-3-12-26/h4-10,20,23-24H,2-3,11-17H2,1H3/t20-,23-. The number of pyridine rings is 1. The fourth-order valence-electron chi connectivity index (χ4n) is 4.38. The van der Waals surface area contributed by atoms with E-state index in [1.807, 2.05) is 12.3 Å². The fraction of sp³-hybridized carbons (Fsp3) is 0.522. The van der Waals surface area contributed by atoms with Crippen molar-refractivity contribution in [3.05, 3.63) is 65.0 Å². The molecule has 0 spiro atoms. The first-order valence-electron chi connectivity index (χ1n) is 10.2. The maximum atomic E-state index is 4.36. The number of rotatable bonds is 7. The molecule has 0 atom stereocenters. The van der Waals surface area contributed by atoms with Crippen molar-refractivity contribution in [1.29, 1.82) is 0 Å². The third-order valence-electron chi connectivity index (χ3n) is 6.16. The molecule has 1 aliphatic heterocycles. The van der Waals surface area contributed by atoms with Crippen molar-refractivity contribution in [3.8, 4) is 0 Å². The Kier molecular flexibility index (Phi) is 5.66. The molecule has 1 aliphatic carbocycles. The Morgan fingerprint density at radius 2 is 1.85 bits per heavy atom. The monoisotopic (exact) mass is 349 g/mol. The molecule has 1 N–H and O–H groups in total. The topological polar surface area (TPSA) is 28.2 Å². The minimum absolute atomic E-state index is 0.766. The maximum Gasteiger partial charge on any atom is 0.0417 e. The van der Waals surface area contributed by atoms with Gasteiger partial charge < -0.3 is 5.32 Å². The van der Waals surface area contributed by atoms with Crippen molar-refractivity contribution in [2.24, 2.45) is 5.92 Å². The Morgan fingerprint density at radius 1 is 1.08 bits per heavy atom. The van der Waals surface area contributed by atoms with Crippen molar-refractivity contribution in [1.82, 2.24) is 15.2 Å². The van der Waals surface area contributed by atoms with Gasteiger partial charge in [-0.05, 0) is 86.8 Å². The second-order valence-corrected chi connectivity index (χ2v) is 8.14. The molecule has 2 aromatic rings. The van der Waals surface area contributed by atoms with E-state index in [1.165, 1.54) is 55.5 Å². The first kappa shape index (κ1) is 17.7. The predicted molar refractivity (Wildman–Crippen MR) is 107 cm³/mol. The van der Waals surface area contributed by atoms with Gasteiger partial charge in [-0.25, -0.2) is 0 Å². The summed E-state index contributed by atoms with van der Waals surface area (Å²) in [5.74, 6) is 1.59. The quantitative estimate of drug-likeness (QED) is 0.809. The molecule has 2 fully saturated rings. The molecule has 4 rings (SSSR count). The van der Waals surface area contributed by atoms with E-state index < -0.39 is 0 Å². The average molecular weight is 350 g/mol. The van der Waals surface area contributed by atoms with Gasteiger partial charge in [-0.1, -0.05) is 30.3 Å². The third-order valence-corrected chi connectivity index (χ3v) is 6.16. The van der Waals surface area contributed by atoms with E-state index in [1.54, 1.807) is 0 Å². The summed E-state index contributed by atoms with van der Waals surface area (Å²) in [7, 11) is 0. The van der Waals surface area contributed by atoms with Gasteiger partial charge in [0.05, 0.1) is 0 Å². The Morgan fingerprint density at radius 3 is 2.58 bits per heavy atom. The fourth-order valence-corrected chi connectivity index (χ4v) is 4.38. The summed E-state index contributed by atoms with van der Waals surface area (Å²) in [4.78, 5) is 6.93. The Labute approximate surface area is 157 Å². The van der Waals surface area contributed by atoms with Crippen molar-refractivity contribution >= 4 is 0 Å². The summed E-state index contributed by atoms with van der Waals surface area (Å²) in [6.07, 6.45) is 7.26. The highest BCUT2D eigenvalue weighted by Gasteiger charge is 2.29. The lowest BCUT2D eigenvalue weighted by molar-refractivity contribution is 0.254. The van der Waals surface area contributed by atoms with Crippen LogP contribution in [-0.2, 0) is 13.1 Å². The Bertz CT molecular complexity index is 698. The summed E-state index contributed by atoms with van der Waals surface area (Å²) in [6, 6.07) is 13.6. The van der Waals surface area contributed by atoms with Crippen LogP contribution in [0.2, 0.25) is 0 Å².